The van der Waals surface area contributed by atoms with Gasteiger partial charge in [0.15, 0.2) is 0 Å². The number of hydrogen-bond acceptors (Lipinski definition) is 3. The molecule has 0 saturated heterocycles. The molecule has 0 aromatic carbocycles. The third-order valence-corrected chi connectivity index (χ3v) is 3.52. The quantitative estimate of drug-likeness (QED) is 0.821. The minimum Gasteiger partial charge on any atom is -0.367 e. The molecule has 0 radical (unpaired) electrons. The van der Waals surface area contributed by atoms with Gasteiger partial charge in [-0.15, -0.1) is 0 Å². The third-order valence-electron chi connectivity index (χ3n) is 3.34. The second kappa shape index (κ2) is 5.48. The molecule has 1 aromatic rings. The topological polar surface area (TPSA) is 37.8 Å². The Morgan fingerprint density at radius 2 is 2.38 bits per heavy atom. The second-order valence-electron chi connectivity index (χ2n) is 4.49. The lowest BCUT2D eigenvalue weighted by atomic mass is 9.84. The third kappa shape index (κ3) is 3.08. The normalized spacial score (nSPS) is 25.4. The molecule has 1 aromatic heterocycles. The molecule has 4 heteroatoms. The largest absolute Gasteiger partial charge is 0.367 e. The zero-order chi connectivity index (χ0) is 11.4. The number of anilines is 1. The predicted octanol–water partition coefficient (Wildman–Crippen LogP) is 3.51. The molecule has 1 fully saturated rings. The van der Waals surface area contributed by atoms with E-state index >= 15 is 0 Å². The summed E-state index contributed by atoms with van der Waals surface area (Å²) in [5.41, 5.74) is 0. The lowest BCUT2D eigenvalue weighted by Gasteiger charge is -2.29. The van der Waals surface area contributed by atoms with Crippen LogP contribution in [0, 0.1) is 5.92 Å². The molecule has 2 unspecified atom stereocenters. The van der Waals surface area contributed by atoms with Crippen molar-refractivity contribution >= 4 is 17.4 Å². The summed E-state index contributed by atoms with van der Waals surface area (Å²) in [7, 11) is 0. The Hall–Kier alpha value is -0.830. The lowest BCUT2D eigenvalue weighted by Crippen LogP contribution is -2.27. The van der Waals surface area contributed by atoms with Crippen LogP contribution in [-0.4, -0.2) is 16.0 Å². The molecule has 3 nitrogen and oxygen atoms in total. The van der Waals surface area contributed by atoms with E-state index in [2.05, 4.69) is 22.2 Å². The van der Waals surface area contributed by atoms with Crippen molar-refractivity contribution in [3.63, 3.8) is 0 Å². The van der Waals surface area contributed by atoms with Gasteiger partial charge in [-0.1, -0.05) is 26.2 Å². The fraction of sp³-hybridized carbons (Fsp3) is 0.667. The number of nitrogens with zero attached hydrogens (tertiary/aromatic N) is 2. The van der Waals surface area contributed by atoms with Crippen LogP contribution in [0.15, 0.2) is 12.3 Å². The van der Waals surface area contributed by atoms with E-state index in [0.29, 0.717) is 11.3 Å². The maximum Gasteiger partial charge on any atom is 0.224 e. The summed E-state index contributed by atoms with van der Waals surface area (Å²) in [5.74, 6) is 1.71. The van der Waals surface area contributed by atoms with Gasteiger partial charge in [-0.3, -0.25) is 0 Å². The van der Waals surface area contributed by atoms with Gasteiger partial charge in [0.2, 0.25) is 5.28 Å². The van der Waals surface area contributed by atoms with Crippen LogP contribution < -0.4 is 5.32 Å². The summed E-state index contributed by atoms with van der Waals surface area (Å²) in [4.78, 5) is 8.04. The smallest absolute Gasteiger partial charge is 0.224 e. The molecule has 0 amide bonds. The first kappa shape index (κ1) is 11.6. The Morgan fingerprint density at radius 3 is 3.12 bits per heavy atom. The highest BCUT2D eigenvalue weighted by molar-refractivity contribution is 6.28. The molecular formula is C12H18ClN3. The van der Waals surface area contributed by atoms with Crippen molar-refractivity contribution < 1.29 is 0 Å². The van der Waals surface area contributed by atoms with Gasteiger partial charge in [0.05, 0.1) is 0 Å². The van der Waals surface area contributed by atoms with E-state index in [-0.39, 0.29) is 0 Å². The van der Waals surface area contributed by atoms with Crippen LogP contribution in [0.5, 0.6) is 0 Å². The summed E-state index contributed by atoms with van der Waals surface area (Å²) in [5, 5.41) is 3.76. The van der Waals surface area contributed by atoms with Crippen LogP contribution >= 0.6 is 11.6 Å². The molecule has 1 N–H and O–H groups in total. The average Bonchev–Trinajstić information content (AvgIpc) is 2.29. The Labute approximate surface area is 102 Å². The number of rotatable bonds is 3. The predicted molar refractivity (Wildman–Crippen MR) is 66.7 cm³/mol. The van der Waals surface area contributed by atoms with E-state index in [1.807, 2.05) is 6.07 Å². The van der Waals surface area contributed by atoms with E-state index < -0.39 is 0 Å². The van der Waals surface area contributed by atoms with Gasteiger partial charge >= 0.3 is 0 Å². The molecule has 1 aliphatic carbocycles. The molecule has 1 saturated carbocycles. The van der Waals surface area contributed by atoms with Gasteiger partial charge in [-0.2, -0.15) is 0 Å². The number of nitrogens with one attached hydrogen (secondary N) is 1. The van der Waals surface area contributed by atoms with Gasteiger partial charge in [0.1, 0.15) is 5.82 Å². The maximum atomic E-state index is 5.76. The van der Waals surface area contributed by atoms with E-state index in [0.717, 1.165) is 11.7 Å². The van der Waals surface area contributed by atoms with Crippen LogP contribution in [0.4, 0.5) is 5.82 Å². The van der Waals surface area contributed by atoms with Crippen LogP contribution in [0.25, 0.3) is 0 Å². The minimum absolute atomic E-state index is 0.313. The van der Waals surface area contributed by atoms with Gasteiger partial charge in [-0.25, -0.2) is 9.97 Å². The molecule has 2 rings (SSSR count). The van der Waals surface area contributed by atoms with Crippen LogP contribution in [0.2, 0.25) is 5.28 Å². The molecule has 1 aliphatic rings. The van der Waals surface area contributed by atoms with Gasteiger partial charge in [-0.05, 0) is 36.4 Å². The van der Waals surface area contributed by atoms with Crippen LogP contribution in [0.3, 0.4) is 0 Å². The van der Waals surface area contributed by atoms with Crippen molar-refractivity contribution in [3.05, 3.63) is 17.5 Å². The Bertz CT molecular complexity index is 343. The van der Waals surface area contributed by atoms with Gasteiger partial charge < -0.3 is 5.32 Å². The van der Waals surface area contributed by atoms with Crippen LogP contribution in [-0.2, 0) is 0 Å². The fourth-order valence-electron chi connectivity index (χ4n) is 2.42. The summed E-state index contributed by atoms with van der Waals surface area (Å²) in [6.45, 7) is 2.27. The molecule has 88 valence electrons. The van der Waals surface area contributed by atoms with Gasteiger partial charge in [0.25, 0.3) is 0 Å². The monoisotopic (exact) mass is 239 g/mol. The van der Waals surface area contributed by atoms with Gasteiger partial charge in [0, 0.05) is 12.2 Å². The van der Waals surface area contributed by atoms with E-state index in [1.54, 1.807) is 6.20 Å². The van der Waals surface area contributed by atoms with Crippen molar-refractivity contribution in [3.8, 4) is 0 Å². The fourth-order valence-corrected chi connectivity index (χ4v) is 2.56. The molecule has 16 heavy (non-hydrogen) atoms. The molecular weight excluding hydrogens is 222 g/mol. The lowest BCUT2D eigenvalue weighted by molar-refractivity contribution is 0.327. The first-order valence-corrected chi connectivity index (χ1v) is 6.40. The standard InChI is InChI=1S/C12H18ClN3/c1-2-9-4-3-5-10(8-9)15-11-6-7-14-12(13)16-11/h6-7,9-10H,2-5,8H2,1H3,(H,14,15,16). The van der Waals surface area contributed by atoms with E-state index in [1.165, 1.54) is 32.1 Å². The first-order valence-electron chi connectivity index (χ1n) is 6.03. The van der Waals surface area contributed by atoms with Crippen molar-refractivity contribution in [1.29, 1.82) is 0 Å². The summed E-state index contributed by atoms with van der Waals surface area (Å²) < 4.78 is 0. The number of hydrogen-bond donors (Lipinski definition) is 1. The minimum atomic E-state index is 0.313. The Balaban J connectivity index is 1.94. The molecule has 0 spiro atoms. The molecule has 1 heterocycles. The summed E-state index contributed by atoms with van der Waals surface area (Å²) in [6.07, 6.45) is 8.14. The van der Waals surface area contributed by atoms with Crippen LogP contribution in [0.1, 0.15) is 39.0 Å². The van der Waals surface area contributed by atoms with Crippen molar-refractivity contribution in [2.45, 2.75) is 45.1 Å². The van der Waals surface area contributed by atoms with Crippen molar-refractivity contribution in [2.24, 2.45) is 5.92 Å². The molecule has 0 aliphatic heterocycles. The highest BCUT2D eigenvalue weighted by Crippen LogP contribution is 2.28. The van der Waals surface area contributed by atoms with E-state index in [9.17, 15) is 0 Å². The SMILES string of the molecule is CCC1CCCC(Nc2ccnc(Cl)n2)C1. The highest BCUT2D eigenvalue weighted by atomic mass is 35.5. The first-order chi connectivity index (χ1) is 7.78. The number of halogens is 1. The van der Waals surface area contributed by atoms with Crippen molar-refractivity contribution in [1.82, 2.24) is 9.97 Å². The zero-order valence-corrected chi connectivity index (χ0v) is 10.4. The zero-order valence-electron chi connectivity index (χ0n) is 9.62. The molecule has 0 bridgehead atoms. The second-order valence-corrected chi connectivity index (χ2v) is 4.83. The molecule has 2 atom stereocenters. The average molecular weight is 240 g/mol. The summed E-state index contributed by atoms with van der Waals surface area (Å²) >= 11 is 5.76. The number of aromatic nitrogens is 2. The highest BCUT2D eigenvalue weighted by Gasteiger charge is 2.20. The Morgan fingerprint density at radius 1 is 1.50 bits per heavy atom. The van der Waals surface area contributed by atoms with E-state index in [4.69, 9.17) is 11.6 Å². The van der Waals surface area contributed by atoms with Crippen molar-refractivity contribution in [2.75, 3.05) is 5.32 Å². The summed E-state index contributed by atoms with van der Waals surface area (Å²) in [6, 6.07) is 2.42. The maximum absolute atomic E-state index is 5.76. The Kier molecular flexibility index (Phi) is 3.99.